The highest BCUT2D eigenvalue weighted by molar-refractivity contribution is 5.53. The van der Waals surface area contributed by atoms with E-state index in [9.17, 15) is 0 Å². The Balaban J connectivity index is 2.36. The summed E-state index contributed by atoms with van der Waals surface area (Å²) in [6.07, 6.45) is 1.80. The number of benzene rings is 1. The van der Waals surface area contributed by atoms with Crippen molar-refractivity contribution < 1.29 is 4.52 Å². The van der Waals surface area contributed by atoms with Crippen molar-refractivity contribution in [3.8, 4) is 11.4 Å². The van der Waals surface area contributed by atoms with Gasteiger partial charge in [-0.05, 0) is 12.8 Å². The number of nitrogens with zero attached hydrogens (tertiary/aromatic N) is 2. The SMILES string of the molecule is CCC(CC)(CN)c1nc(-c2ccccc2)no1. The van der Waals surface area contributed by atoms with E-state index in [1.54, 1.807) is 0 Å². The molecule has 0 spiro atoms. The van der Waals surface area contributed by atoms with Crippen molar-refractivity contribution in [2.75, 3.05) is 6.54 Å². The van der Waals surface area contributed by atoms with Crippen LogP contribution in [0.1, 0.15) is 32.6 Å². The van der Waals surface area contributed by atoms with Gasteiger partial charge in [0.25, 0.3) is 0 Å². The van der Waals surface area contributed by atoms with Crippen LogP contribution in [0.3, 0.4) is 0 Å². The van der Waals surface area contributed by atoms with Crippen LogP contribution in [0.25, 0.3) is 11.4 Å². The largest absolute Gasteiger partial charge is 0.338 e. The summed E-state index contributed by atoms with van der Waals surface area (Å²) in [5, 5.41) is 4.05. The van der Waals surface area contributed by atoms with Gasteiger partial charge in [-0.2, -0.15) is 4.98 Å². The summed E-state index contributed by atoms with van der Waals surface area (Å²) in [5.74, 6) is 1.28. The van der Waals surface area contributed by atoms with Crippen LogP contribution in [-0.2, 0) is 5.41 Å². The van der Waals surface area contributed by atoms with Crippen molar-refractivity contribution in [1.29, 1.82) is 0 Å². The van der Waals surface area contributed by atoms with Crippen LogP contribution >= 0.6 is 0 Å². The summed E-state index contributed by atoms with van der Waals surface area (Å²) in [7, 11) is 0. The van der Waals surface area contributed by atoms with Gasteiger partial charge in [-0.15, -0.1) is 0 Å². The molecule has 4 heteroatoms. The standard InChI is InChI=1S/C14H19N3O/c1-3-14(4-2,10-15)13-16-12(17-18-13)11-8-6-5-7-9-11/h5-9H,3-4,10,15H2,1-2H3. The first-order valence-electron chi connectivity index (χ1n) is 6.35. The Morgan fingerprint density at radius 2 is 1.83 bits per heavy atom. The number of hydrogen-bond acceptors (Lipinski definition) is 4. The van der Waals surface area contributed by atoms with Crippen molar-refractivity contribution in [1.82, 2.24) is 10.1 Å². The molecule has 2 rings (SSSR count). The number of hydrogen-bond donors (Lipinski definition) is 1. The van der Waals surface area contributed by atoms with E-state index in [4.69, 9.17) is 10.3 Å². The Morgan fingerprint density at radius 3 is 2.39 bits per heavy atom. The molecule has 2 N–H and O–H groups in total. The van der Waals surface area contributed by atoms with Crippen molar-refractivity contribution in [3.05, 3.63) is 36.2 Å². The van der Waals surface area contributed by atoms with Gasteiger partial charge in [-0.1, -0.05) is 49.3 Å². The van der Waals surface area contributed by atoms with Crippen LogP contribution < -0.4 is 5.73 Å². The zero-order chi connectivity index (χ0) is 13.0. The second-order valence-electron chi connectivity index (χ2n) is 4.48. The molecular formula is C14H19N3O. The lowest BCUT2D eigenvalue weighted by molar-refractivity contribution is 0.267. The first-order valence-corrected chi connectivity index (χ1v) is 6.35. The van der Waals surface area contributed by atoms with Crippen LogP contribution in [0, 0.1) is 0 Å². The summed E-state index contributed by atoms with van der Waals surface area (Å²) in [6.45, 7) is 4.72. The number of aromatic nitrogens is 2. The maximum Gasteiger partial charge on any atom is 0.234 e. The van der Waals surface area contributed by atoms with E-state index >= 15 is 0 Å². The lowest BCUT2D eigenvalue weighted by Crippen LogP contribution is -2.34. The molecule has 4 nitrogen and oxygen atoms in total. The van der Waals surface area contributed by atoms with Gasteiger partial charge in [-0.3, -0.25) is 0 Å². The Morgan fingerprint density at radius 1 is 1.17 bits per heavy atom. The lowest BCUT2D eigenvalue weighted by atomic mass is 9.82. The molecule has 96 valence electrons. The molecule has 0 aliphatic heterocycles. The molecule has 0 atom stereocenters. The molecule has 2 aromatic rings. The van der Waals surface area contributed by atoms with Gasteiger partial charge in [0.2, 0.25) is 11.7 Å². The molecule has 0 saturated heterocycles. The Hall–Kier alpha value is -1.68. The molecule has 0 aliphatic carbocycles. The third kappa shape index (κ3) is 2.16. The zero-order valence-corrected chi connectivity index (χ0v) is 10.9. The van der Waals surface area contributed by atoms with Crippen LogP contribution in [0.15, 0.2) is 34.9 Å². The quantitative estimate of drug-likeness (QED) is 0.879. The number of rotatable bonds is 5. The average Bonchev–Trinajstić information content (AvgIpc) is 2.93. The second-order valence-corrected chi connectivity index (χ2v) is 4.48. The fraction of sp³-hybridized carbons (Fsp3) is 0.429. The van der Waals surface area contributed by atoms with E-state index in [2.05, 4.69) is 24.0 Å². The van der Waals surface area contributed by atoms with Crippen LogP contribution in [-0.4, -0.2) is 16.7 Å². The number of nitrogens with two attached hydrogens (primary N) is 1. The summed E-state index contributed by atoms with van der Waals surface area (Å²) >= 11 is 0. The Labute approximate surface area is 107 Å². The summed E-state index contributed by atoms with van der Waals surface area (Å²) in [6, 6.07) is 9.82. The third-order valence-electron chi connectivity index (χ3n) is 3.66. The molecule has 0 fully saturated rings. The molecule has 0 aliphatic rings. The van der Waals surface area contributed by atoms with Crippen molar-refractivity contribution in [2.24, 2.45) is 5.73 Å². The summed E-state index contributed by atoms with van der Waals surface area (Å²) in [5.41, 5.74) is 6.65. The molecule has 1 heterocycles. The maximum atomic E-state index is 5.88. The Bertz CT molecular complexity index is 480. The Kier molecular flexibility index (Phi) is 3.77. The van der Waals surface area contributed by atoms with Crippen molar-refractivity contribution in [3.63, 3.8) is 0 Å². The van der Waals surface area contributed by atoms with E-state index in [0.29, 0.717) is 18.3 Å². The summed E-state index contributed by atoms with van der Waals surface area (Å²) in [4.78, 5) is 4.51. The molecule has 0 saturated carbocycles. The van der Waals surface area contributed by atoms with E-state index in [-0.39, 0.29) is 5.41 Å². The van der Waals surface area contributed by atoms with Gasteiger partial charge in [-0.25, -0.2) is 0 Å². The molecule has 0 bridgehead atoms. The maximum absolute atomic E-state index is 5.88. The van der Waals surface area contributed by atoms with Crippen molar-refractivity contribution >= 4 is 0 Å². The first kappa shape index (κ1) is 12.8. The third-order valence-corrected chi connectivity index (χ3v) is 3.66. The zero-order valence-electron chi connectivity index (χ0n) is 10.9. The molecule has 0 radical (unpaired) electrons. The normalized spacial score (nSPS) is 11.7. The summed E-state index contributed by atoms with van der Waals surface area (Å²) < 4.78 is 5.42. The van der Waals surface area contributed by atoms with Gasteiger partial charge in [0.05, 0.1) is 5.41 Å². The highest BCUT2D eigenvalue weighted by atomic mass is 16.5. The lowest BCUT2D eigenvalue weighted by Gasteiger charge is -2.24. The molecule has 0 amide bonds. The minimum Gasteiger partial charge on any atom is -0.338 e. The van der Waals surface area contributed by atoms with Crippen molar-refractivity contribution in [2.45, 2.75) is 32.1 Å². The predicted octanol–water partition coefficient (Wildman–Crippen LogP) is 2.75. The molecular weight excluding hydrogens is 226 g/mol. The minimum atomic E-state index is -0.194. The van der Waals surface area contributed by atoms with E-state index in [1.807, 2.05) is 30.3 Å². The average molecular weight is 245 g/mol. The van der Waals surface area contributed by atoms with Gasteiger partial charge in [0.15, 0.2) is 0 Å². The predicted molar refractivity (Wildman–Crippen MR) is 71.0 cm³/mol. The van der Waals surface area contributed by atoms with E-state index in [1.165, 1.54) is 0 Å². The topological polar surface area (TPSA) is 64.9 Å². The molecule has 1 aromatic carbocycles. The van der Waals surface area contributed by atoms with Crippen LogP contribution in [0.4, 0.5) is 0 Å². The highest BCUT2D eigenvalue weighted by Crippen LogP contribution is 2.30. The van der Waals surface area contributed by atoms with Gasteiger partial charge < -0.3 is 10.3 Å². The molecule has 0 unspecified atom stereocenters. The first-order chi connectivity index (χ1) is 8.75. The van der Waals surface area contributed by atoms with Gasteiger partial charge in [0, 0.05) is 12.1 Å². The van der Waals surface area contributed by atoms with Gasteiger partial charge in [0.1, 0.15) is 0 Å². The van der Waals surface area contributed by atoms with Crippen LogP contribution in [0.5, 0.6) is 0 Å². The molecule has 18 heavy (non-hydrogen) atoms. The fourth-order valence-corrected chi connectivity index (χ4v) is 2.07. The fourth-order valence-electron chi connectivity index (χ4n) is 2.07. The van der Waals surface area contributed by atoms with Crippen LogP contribution in [0.2, 0.25) is 0 Å². The monoisotopic (exact) mass is 245 g/mol. The second kappa shape index (κ2) is 5.31. The highest BCUT2D eigenvalue weighted by Gasteiger charge is 2.33. The van der Waals surface area contributed by atoms with E-state index < -0.39 is 0 Å². The van der Waals surface area contributed by atoms with E-state index in [0.717, 1.165) is 18.4 Å². The van der Waals surface area contributed by atoms with Gasteiger partial charge >= 0.3 is 0 Å². The smallest absolute Gasteiger partial charge is 0.234 e. The molecule has 1 aromatic heterocycles. The minimum absolute atomic E-state index is 0.194.